The van der Waals surface area contributed by atoms with Crippen LogP contribution in [0, 0.1) is 6.92 Å². The number of carbonyl (C=O) groups excluding carboxylic acids is 3. The van der Waals surface area contributed by atoms with Crippen molar-refractivity contribution in [2.24, 2.45) is 0 Å². The third-order valence-electron chi connectivity index (χ3n) is 3.79. The van der Waals surface area contributed by atoms with Gasteiger partial charge in [0.2, 0.25) is 11.8 Å². The van der Waals surface area contributed by atoms with Gasteiger partial charge >= 0.3 is 12.1 Å². The molecule has 0 radical (unpaired) electrons. The largest absolute Gasteiger partial charge is 0.462 e. The highest BCUT2D eigenvalue weighted by atomic mass is 19.4. The molecule has 0 aliphatic carbocycles. The number of ketones is 1. The summed E-state index contributed by atoms with van der Waals surface area (Å²) in [7, 11) is 0. The Kier molecular flexibility index (Phi) is 6.30. The molecule has 0 atom stereocenters. The summed E-state index contributed by atoms with van der Waals surface area (Å²) in [6, 6.07) is 1.29. The Morgan fingerprint density at radius 1 is 1.21 bits per heavy atom. The number of anilines is 1. The molecular weight excluding hydrogens is 397 g/mol. The number of nitrogens with zero attached hydrogens (tertiary/aromatic N) is 1. The van der Waals surface area contributed by atoms with Crippen molar-refractivity contribution in [3.63, 3.8) is 0 Å². The van der Waals surface area contributed by atoms with E-state index in [1.807, 2.05) is 0 Å². The molecule has 1 N–H and O–H groups in total. The van der Waals surface area contributed by atoms with Gasteiger partial charge in [-0.15, -0.1) is 0 Å². The highest BCUT2D eigenvalue weighted by molar-refractivity contribution is 6.10. The molecule has 2 aromatic rings. The van der Waals surface area contributed by atoms with Crippen LogP contribution in [-0.4, -0.2) is 28.8 Å². The normalized spacial score (nSPS) is 11.2. The summed E-state index contributed by atoms with van der Waals surface area (Å²) in [5.74, 6) is -2.71. The number of alkyl halides is 3. The van der Waals surface area contributed by atoms with Crippen LogP contribution in [0.5, 0.6) is 0 Å². The van der Waals surface area contributed by atoms with Crippen molar-refractivity contribution in [1.82, 2.24) is 4.57 Å². The average molecular weight is 414 g/mol. The van der Waals surface area contributed by atoms with E-state index in [0.29, 0.717) is 22.9 Å². The Morgan fingerprint density at radius 2 is 1.86 bits per heavy atom. The van der Waals surface area contributed by atoms with Crippen LogP contribution in [0.25, 0.3) is 0 Å². The maximum absolute atomic E-state index is 12.8. The molecule has 0 bridgehead atoms. The molecule has 0 aliphatic heterocycles. The molecule has 156 valence electrons. The fourth-order valence-corrected chi connectivity index (χ4v) is 2.60. The summed E-state index contributed by atoms with van der Waals surface area (Å²) in [4.78, 5) is 48.1. The highest BCUT2D eigenvalue weighted by Gasteiger charge is 2.32. The van der Waals surface area contributed by atoms with Crippen molar-refractivity contribution in [1.29, 1.82) is 0 Å². The van der Waals surface area contributed by atoms with Crippen molar-refractivity contribution in [2.45, 2.75) is 33.5 Å². The number of halogens is 3. The van der Waals surface area contributed by atoms with Crippen molar-refractivity contribution < 1.29 is 36.7 Å². The van der Waals surface area contributed by atoms with Gasteiger partial charge in [-0.25, -0.2) is 4.79 Å². The fourth-order valence-electron chi connectivity index (χ4n) is 2.60. The molecule has 1 amide bonds. The maximum atomic E-state index is 12.8. The lowest BCUT2D eigenvalue weighted by Crippen LogP contribution is -2.28. The van der Waals surface area contributed by atoms with Gasteiger partial charge < -0.3 is 13.7 Å². The molecule has 2 rings (SSSR count). The second-order valence-electron chi connectivity index (χ2n) is 5.94. The Balaban J connectivity index is 2.35. The number of esters is 1. The van der Waals surface area contributed by atoms with Crippen LogP contribution >= 0.6 is 0 Å². The molecule has 0 spiro atoms. The van der Waals surface area contributed by atoms with Crippen LogP contribution < -0.4 is 10.9 Å². The van der Waals surface area contributed by atoms with Gasteiger partial charge in [0, 0.05) is 12.3 Å². The molecule has 29 heavy (non-hydrogen) atoms. The topological polar surface area (TPSA) is 108 Å². The zero-order valence-electron chi connectivity index (χ0n) is 15.7. The Hall–Kier alpha value is -3.37. The number of nitrogens with one attached hydrogen (secondary N) is 1. The minimum atomic E-state index is -4.70. The first-order chi connectivity index (χ1) is 13.5. The van der Waals surface area contributed by atoms with E-state index in [1.165, 1.54) is 20.8 Å². The van der Waals surface area contributed by atoms with E-state index in [-0.39, 0.29) is 23.5 Å². The number of carbonyl (C=O) groups is 3. The number of pyridine rings is 1. The molecule has 0 saturated heterocycles. The van der Waals surface area contributed by atoms with Crippen LogP contribution in [0.2, 0.25) is 0 Å². The number of Topliss-reactive ketones (excluding diaryl/α,β-unsaturated/α-hetero) is 1. The number of furan rings is 1. The number of aromatic nitrogens is 1. The van der Waals surface area contributed by atoms with Gasteiger partial charge in [0.15, 0.2) is 5.78 Å². The monoisotopic (exact) mass is 414 g/mol. The molecule has 0 fully saturated rings. The molecule has 2 heterocycles. The fraction of sp³-hybridized carbons (Fsp3) is 0.333. The highest BCUT2D eigenvalue weighted by Crippen LogP contribution is 2.29. The second-order valence-corrected chi connectivity index (χ2v) is 5.94. The third-order valence-corrected chi connectivity index (χ3v) is 3.79. The van der Waals surface area contributed by atoms with Crippen molar-refractivity contribution in [2.75, 3.05) is 11.9 Å². The quantitative estimate of drug-likeness (QED) is 0.575. The number of aryl methyl sites for hydroxylation is 1. The van der Waals surface area contributed by atoms with E-state index < -0.39 is 47.4 Å². The predicted molar refractivity (Wildman–Crippen MR) is 93.7 cm³/mol. The van der Waals surface area contributed by atoms with Crippen molar-refractivity contribution >= 4 is 23.5 Å². The molecular formula is C18H17F3N2O6. The van der Waals surface area contributed by atoms with Crippen LogP contribution in [0.4, 0.5) is 19.1 Å². The first-order valence-electron chi connectivity index (χ1n) is 8.34. The summed E-state index contributed by atoms with van der Waals surface area (Å²) in [6.45, 7) is 3.34. The summed E-state index contributed by atoms with van der Waals surface area (Å²) < 4.78 is 49.1. The number of hydrogen-bond acceptors (Lipinski definition) is 6. The molecule has 8 nitrogen and oxygen atoms in total. The number of rotatable bonds is 6. The lowest BCUT2D eigenvalue weighted by atomic mass is 10.1. The average Bonchev–Trinajstić information content (AvgIpc) is 2.92. The molecule has 0 unspecified atom stereocenters. The maximum Gasteiger partial charge on any atom is 0.417 e. The Bertz CT molecular complexity index is 1020. The van der Waals surface area contributed by atoms with Crippen LogP contribution in [-0.2, 0) is 22.3 Å². The minimum Gasteiger partial charge on any atom is -0.462 e. The first-order valence-corrected chi connectivity index (χ1v) is 8.34. The summed E-state index contributed by atoms with van der Waals surface area (Å²) >= 11 is 0. The Labute approximate surface area is 162 Å². The van der Waals surface area contributed by atoms with E-state index in [2.05, 4.69) is 5.32 Å². The molecule has 0 saturated carbocycles. The minimum absolute atomic E-state index is 0.00653. The van der Waals surface area contributed by atoms with Gasteiger partial charge in [0.1, 0.15) is 17.9 Å². The van der Waals surface area contributed by atoms with E-state index in [4.69, 9.17) is 9.15 Å². The number of amides is 1. The van der Waals surface area contributed by atoms with Crippen LogP contribution in [0.3, 0.4) is 0 Å². The molecule has 11 heteroatoms. The number of hydrogen-bond donors (Lipinski definition) is 1. The molecule has 2 aromatic heterocycles. The second kappa shape index (κ2) is 8.33. The SMILES string of the molecule is CCOC(=O)c1c(NC(=O)Cn2cc(C(F)(F)F)ccc2=O)oc(C)c1C(C)=O. The van der Waals surface area contributed by atoms with E-state index in [1.54, 1.807) is 0 Å². The van der Waals surface area contributed by atoms with Gasteiger partial charge in [-0.05, 0) is 26.8 Å². The lowest BCUT2D eigenvalue weighted by Gasteiger charge is -2.11. The van der Waals surface area contributed by atoms with Crippen molar-refractivity contribution in [3.8, 4) is 0 Å². The van der Waals surface area contributed by atoms with Gasteiger partial charge in [0.25, 0.3) is 5.56 Å². The summed E-state index contributed by atoms with van der Waals surface area (Å²) in [5, 5.41) is 2.20. The van der Waals surface area contributed by atoms with Crippen LogP contribution in [0.1, 0.15) is 45.9 Å². The van der Waals surface area contributed by atoms with E-state index in [9.17, 15) is 32.3 Å². The molecule has 0 aromatic carbocycles. The van der Waals surface area contributed by atoms with Gasteiger partial charge in [0.05, 0.1) is 17.7 Å². The number of ether oxygens (including phenoxy) is 1. The third kappa shape index (κ3) is 4.92. The molecule has 0 aliphatic rings. The van der Waals surface area contributed by atoms with E-state index >= 15 is 0 Å². The first kappa shape index (κ1) is 21.9. The van der Waals surface area contributed by atoms with Gasteiger partial charge in [-0.3, -0.25) is 19.7 Å². The zero-order valence-corrected chi connectivity index (χ0v) is 15.7. The Morgan fingerprint density at radius 3 is 2.41 bits per heavy atom. The standard InChI is InChI=1S/C18H17F3N2O6/c1-4-28-17(27)15-14(9(2)24)10(3)29-16(15)22-12(25)8-23-7-11(18(19,20)21)5-6-13(23)26/h5-7H,4,8H2,1-3H3,(H,22,25). The van der Waals surface area contributed by atoms with Crippen molar-refractivity contribution in [3.05, 3.63) is 51.1 Å². The lowest BCUT2D eigenvalue weighted by molar-refractivity contribution is -0.138. The predicted octanol–water partition coefficient (Wildman–Crippen LogP) is 2.79. The van der Waals surface area contributed by atoms with Crippen LogP contribution in [0.15, 0.2) is 27.5 Å². The van der Waals surface area contributed by atoms with Gasteiger partial charge in [-0.1, -0.05) is 0 Å². The zero-order chi connectivity index (χ0) is 21.9. The smallest absolute Gasteiger partial charge is 0.417 e. The summed E-state index contributed by atoms with van der Waals surface area (Å²) in [6.07, 6.45) is -4.19. The van der Waals surface area contributed by atoms with E-state index in [0.717, 1.165) is 0 Å². The summed E-state index contributed by atoms with van der Waals surface area (Å²) in [5.41, 5.74) is -2.33. The van der Waals surface area contributed by atoms with Gasteiger partial charge in [-0.2, -0.15) is 13.2 Å².